The van der Waals surface area contributed by atoms with Crippen LogP contribution in [0.5, 0.6) is 0 Å². The molecule has 3 aromatic rings. The van der Waals surface area contributed by atoms with E-state index in [0.29, 0.717) is 22.0 Å². The van der Waals surface area contributed by atoms with Crippen molar-refractivity contribution in [2.45, 2.75) is 230 Å². The summed E-state index contributed by atoms with van der Waals surface area (Å²) in [7, 11) is 1.22. The zero-order valence-electron chi connectivity index (χ0n) is 66.4. The van der Waals surface area contributed by atoms with Crippen molar-refractivity contribution in [2.75, 3.05) is 33.3 Å². The van der Waals surface area contributed by atoms with Gasteiger partial charge in [0, 0.05) is 62.9 Å². The van der Waals surface area contributed by atoms with E-state index in [-0.39, 0.29) is 94.6 Å². The number of nitrogens with two attached hydrogens (primary N) is 5. The minimum Gasteiger partial charge on any atom is -0.481 e. The number of carboxylic acid groups (broad SMARTS) is 1. The normalized spacial score (nSPS) is 23.8. The summed E-state index contributed by atoms with van der Waals surface area (Å²) >= 11 is 0. The fraction of sp³-hybridized carbons (Fsp3) is 0.587. The second kappa shape index (κ2) is 47.8. The van der Waals surface area contributed by atoms with E-state index in [1.807, 2.05) is 0 Å². The monoisotopic (exact) mass is 1620 g/mol. The lowest BCUT2D eigenvalue weighted by molar-refractivity contribution is -0.159. The molecule has 115 heavy (non-hydrogen) atoms. The van der Waals surface area contributed by atoms with Crippen molar-refractivity contribution < 1.29 is 97.1 Å². The summed E-state index contributed by atoms with van der Waals surface area (Å²) in [5.74, 6) is -18.9. The van der Waals surface area contributed by atoms with Crippen LogP contribution in [0.25, 0.3) is 10.9 Å². The topological polar surface area (TPSA) is 652 Å². The Hall–Kier alpha value is -11.5. The van der Waals surface area contributed by atoms with Gasteiger partial charge in [-0.25, -0.2) is 4.79 Å². The SMILES string of the molecule is CC[C@H](C)[C@@H]1NC(=O)[C@@H](Cc2c[nH]c3ccccc23)NC(=O)[C@@H](CCC(N)=O)NC(=O)[C@H](CCC(=O)O)NC(=O)[C@@H](CCCN=C(N)N)NC(=O)[C@H](CC(C)C)NC(=O)[C@@H](Cc2ccccc2)N(C)C(=O)CNC(=O)[C@H](CO)NC(=O)[C@@H](CCCN=C(N)N)NC(=O)[C@@H](NC(=O)C[C@H](O)CC(C)C)[C@@H](C)OC(=O)[C@H]([C@@H](C)O)NC1=O. The number of rotatable bonds is 29. The number of primary amides is 1. The molecule has 0 spiro atoms. The number of aromatic nitrogens is 1. The number of aliphatic hydroxyl groups is 3. The number of amides is 13. The molecule has 2 heterocycles. The maximum atomic E-state index is 15.1. The Morgan fingerprint density at radius 2 is 1.08 bits per heavy atom. The summed E-state index contributed by atoms with van der Waals surface area (Å²) < 4.78 is 5.76. The molecule has 0 saturated carbocycles. The van der Waals surface area contributed by atoms with Gasteiger partial charge in [-0.15, -0.1) is 0 Å². The number of aromatic amines is 1. The average Bonchev–Trinajstić information content (AvgIpc) is 1.72. The maximum Gasteiger partial charge on any atom is 0.331 e. The standard InChI is InChI=1S/C75H116N20O20/c1-10-40(6)60-71(112)94-61(41(7)97)73(114)115-42(8)62(92-57(100)34-45(98)30-38(2)3)72(113)88-49(23-17-29-82-75(79)80)65(106)91-54(37-96)63(104)84-36-58(101)95(9)55(32-43-18-12-11-13-19-43)70(111)90-52(31-39(4)5)68(109)85-48(22-16-28-81-74(77)78)64(105)87-51(25-27-59(102)103)66(107)86-50(24-26-56(76)99)67(108)89-53(69(110)93-60)33-44-35-83-47-21-15-14-20-46(44)47/h11-15,18-21,35,38-42,45,48-55,60-62,83,96-98H,10,16-17,22-34,36-37H2,1-9H3,(H2,76,99)(H,84,104)(H,85,109)(H,86,107)(H,87,105)(H,88,113)(H,89,108)(H,90,111)(H,91,106)(H,92,100)(H,93,110)(H,94,112)(H,102,103)(H4,77,78,81)(H4,79,80,82)/t40-,41+,42+,45+,48+,49+,50+,51-,52-,53+,54-,55+,60-,61-,62-/m0/s1. The van der Waals surface area contributed by atoms with Crippen molar-refractivity contribution >= 4 is 112 Å². The zero-order chi connectivity index (χ0) is 85.9. The van der Waals surface area contributed by atoms with Gasteiger partial charge >= 0.3 is 11.9 Å². The molecule has 26 N–H and O–H groups in total. The number of cyclic esters (lactones) is 1. The molecular weight excluding hydrogens is 1500 g/mol. The van der Waals surface area contributed by atoms with E-state index in [1.54, 1.807) is 95.4 Å². The van der Waals surface area contributed by atoms with Crippen molar-refractivity contribution in [3.8, 4) is 0 Å². The fourth-order valence-corrected chi connectivity index (χ4v) is 12.4. The Balaban J connectivity index is 1.99. The number of aliphatic hydroxyl groups excluding tert-OH is 3. The molecule has 1 aliphatic heterocycles. The van der Waals surface area contributed by atoms with Crippen LogP contribution >= 0.6 is 0 Å². The highest BCUT2D eigenvalue weighted by Crippen LogP contribution is 2.22. The highest BCUT2D eigenvalue weighted by Gasteiger charge is 2.41. The van der Waals surface area contributed by atoms with Crippen LogP contribution in [0.3, 0.4) is 0 Å². The molecule has 1 aliphatic rings. The number of fused-ring (bicyclic) bond motifs is 1. The Morgan fingerprint density at radius 1 is 0.583 bits per heavy atom. The predicted octanol–water partition coefficient (Wildman–Crippen LogP) is -4.81. The van der Waals surface area contributed by atoms with E-state index in [9.17, 15) is 87.5 Å². The number of likely N-dealkylation sites (N-methyl/N-ethyl adjacent to an activating group) is 1. The molecule has 0 aliphatic carbocycles. The lowest BCUT2D eigenvalue weighted by Gasteiger charge is -2.31. The third-order valence-corrected chi connectivity index (χ3v) is 18.8. The third kappa shape index (κ3) is 32.8. The number of hydrogen-bond donors (Lipinski definition) is 21. The Morgan fingerprint density at radius 3 is 1.60 bits per heavy atom. The number of carbonyl (C=O) groups excluding carboxylic acids is 14. The lowest BCUT2D eigenvalue weighted by atomic mass is 9.96. The summed E-state index contributed by atoms with van der Waals surface area (Å²) in [5, 5.41) is 70.7. The molecule has 0 unspecified atom stereocenters. The second-order valence-electron chi connectivity index (χ2n) is 29.3. The van der Waals surface area contributed by atoms with Gasteiger partial charge in [0.05, 0.1) is 31.8 Å². The van der Waals surface area contributed by atoms with Gasteiger partial charge in [-0.3, -0.25) is 77.1 Å². The predicted molar refractivity (Wildman–Crippen MR) is 419 cm³/mol. The van der Waals surface area contributed by atoms with Crippen LogP contribution in [-0.4, -0.2) is 249 Å². The number of hydrogen-bond acceptors (Lipinski definition) is 21. The first kappa shape index (κ1) is 95.8. The number of esters is 1. The van der Waals surface area contributed by atoms with Crippen LogP contribution in [0, 0.1) is 17.8 Å². The van der Waals surface area contributed by atoms with Gasteiger partial charge in [-0.1, -0.05) is 96.5 Å². The minimum atomic E-state index is -2.04. The molecule has 15 atom stereocenters. The average molecular weight is 1620 g/mol. The molecule has 636 valence electrons. The second-order valence-corrected chi connectivity index (χ2v) is 29.3. The molecule has 1 fully saturated rings. The first-order valence-corrected chi connectivity index (χ1v) is 38.2. The smallest absolute Gasteiger partial charge is 0.331 e. The van der Waals surface area contributed by atoms with Crippen molar-refractivity contribution in [3.05, 3.63) is 71.9 Å². The van der Waals surface area contributed by atoms with Crippen molar-refractivity contribution in [1.82, 2.24) is 68.4 Å². The summed E-state index contributed by atoms with van der Waals surface area (Å²) in [4.78, 5) is 227. The summed E-state index contributed by atoms with van der Waals surface area (Å²) in [5.41, 5.74) is 29.4. The largest absolute Gasteiger partial charge is 0.481 e. The molecule has 0 bridgehead atoms. The van der Waals surface area contributed by atoms with Crippen LogP contribution in [0.15, 0.2) is 70.8 Å². The molecule has 40 nitrogen and oxygen atoms in total. The van der Waals surface area contributed by atoms with Crippen LogP contribution in [0.2, 0.25) is 0 Å². The Bertz CT molecular complexity index is 3890. The summed E-state index contributed by atoms with van der Waals surface area (Å²) in [6, 6.07) is -4.18. The Kier molecular flexibility index (Phi) is 39.9. The minimum absolute atomic E-state index is 0.0331. The summed E-state index contributed by atoms with van der Waals surface area (Å²) in [6.45, 7) is 10.1. The highest BCUT2D eigenvalue weighted by atomic mass is 16.5. The quantitative estimate of drug-likeness (QED) is 0.0134. The van der Waals surface area contributed by atoms with Crippen LogP contribution in [-0.2, 0) is 89.5 Å². The van der Waals surface area contributed by atoms with E-state index in [1.165, 1.54) is 14.0 Å². The number of ether oxygens (including phenoxy) is 1. The number of para-hydroxylation sites is 1. The number of benzene rings is 2. The number of aliphatic imine (C=N–C) groups is 2. The van der Waals surface area contributed by atoms with Crippen LogP contribution in [0.1, 0.15) is 144 Å². The van der Waals surface area contributed by atoms with Gasteiger partial charge in [-0.2, -0.15) is 0 Å². The highest BCUT2D eigenvalue weighted by molar-refractivity contribution is 6.00. The molecule has 1 aromatic heterocycles. The number of aliphatic carboxylic acids is 1. The molecular formula is C75H116N20O20. The maximum absolute atomic E-state index is 15.1. The first-order valence-electron chi connectivity index (χ1n) is 38.2. The van der Waals surface area contributed by atoms with Gasteiger partial charge in [0.25, 0.3) is 0 Å². The van der Waals surface area contributed by atoms with Gasteiger partial charge in [0.2, 0.25) is 76.8 Å². The van der Waals surface area contributed by atoms with E-state index < -0.39 is 225 Å². The van der Waals surface area contributed by atoms with Crippen LogP contribution in [0.4, 0.5) is 0 Å². The number of nitrogens with zero attached hydrogens (tertiary/aromatic N) is 3. The molecule has 13 amide bonds. The van der Waals surface area contributed by atoms with Gasteiger partial charge in [-0.05, 0) is 100 Å². The van der Waals surface area contributed by atoms with E-state index in [2.05, 4.69) is 73.5 Å². The van der Waals surface area contributed by atoms with Crippen molar-refractivity contribution in [1.29, 1.82) is 0 Å². The van der Waals surface area contributed by atoms with Gasteiger partial charge in [0.15, 0.2) is 18.0 Å². The van der Waals surface area contributed by atoms with E-state index in [4.69, 9.17) is 33.4 Å². The first-order chi connectivity index (χ1) is 54.2. The number of nitrogens with one attached hydrogen (secondary N) is 12. The summed E-state index contributed by atoms with van der Waals surface area (Å²) in [6.07, 6.45) is -7.77. The molecule has 0 radical (unpaired) electrons. The Labute approximate surface area is 666 Å². The van der Waals surface area contributed by atoms with Crippen LogP contribution < -0.4 is 87.2 Å². The number of guanidine groups is 2. The van der Waals surface area contributed by atoms with E-state index in [0.717, 1.165) is 18.7 Å². The van der Waals surface area contributed by atoms with Crippen molar-refractivity contribution in [2.24, 2.45) is 56.4 Å². The third-order valence-electron chi connectivity index (χ3n) is 18.8. The van der Waals surface area contributed by atoms with Gasteiger partial charge in [0.1, 0.15) is 66.5 Å². The zero-order valence-corrected chi connectivity index (χ0v) is 66.4. The number of carboxylic acids is 1. The number of carbonyl (C=O) groups is 15. The molecule has 4 rings (SSSR count). The molecule has 1 saturated heterocycles. The van der Waals surface area contributed by atoms with E-state index >= 15 is 4.79 Å². The number of H-pyrrole nitrogens is 1. The van der Waals surface area contributed by atoms with Crippen molar-refractivity contribution in [3.63, 3.8) is 0 Å². The lowest BCUT2D eigenvalue weighted by Crippen LogP contribution is -2.62. The van der Waals surface area contributed by atoms with Gasteiger partial charge < -0.3 is 122 Å². The fourth-order valence-electron chi connectivity index (χ4n) is 12.4. The molecule has 40 heteroatoms. The molecule has 2 aromatic carbocycles.